The van der Waals surface area contributed by atoms with Gasteiger partial charge in [0.15, 0.2) is 5.82 Å². The van der Waals surface area contributed by atoms with Crippen LogP contribution in [0.15, 0.2) is 40.2 Å². The van der Waals surface area contributed by atoms with E-state index in [0.717, 1.165) is 21.8 Å². The normalized spacial score (nSPS) is 16.4. The molecule has 2 amide bonds. The van der Waals surface area contributed by atoms with Crippen molar-refractivity contribution in [2.45, 2.75) is 25.9 Å². The van der Waals surface area contributed by atoms with E-state index in [1.807, 2.05) is 24.4 Å². The number of hydrogen-bond acceptors (Lipinski definition) is 3. The minimum Gasteiger partial charge on any atom is -0.317 e. The third-order valence-electron chi connectivity index (χ3n) is 4.52. The highest BCUT2D eigenvalue weighted by Crippen LogP contribution is 2.33. The van der Waals surface area contributed by atoms with Gasteiger partial charge in [-0.1, -0.05) is 12.1 Å². The van der Waals surface area contributed by atoms with E-state index in [2.05, 4.69) is 31.4 Å². The van der Waals surface area contributed by atoms with E-state index in [0.29, 0.717) is 17.4 Å². The van der Waals surface area contributed by atoms with Gasteiger partial charge >= 0.3 is 6.03 Å². The minimum atomic E-state index is -0.478. The SMILES string of the molecule is C[C@H]1Cc2[nH]nc(-c3cccs3)c2CN1C(=O)Nc1cccc(Br)c1F. The summed E-state index contributed by atoms with van der Waals surface area (Å²) in [5.74, 6) is -0.478. The van der Waals surface area contributed by atoms with Crippen molar-refractivity contribution in [3.63, 3.8) is 0 Å². The van der Waals surface area contributed by atoms with Crippen molar-refractivity contribution >= 4 is 39.0 Å². The Kier molecular flexibility index (Phi) is 4.54. The van der Waals surface area contributed by atoms with Gasteiger partial charge in [-0.05, 0) is 46.4 Å². The third kappa shape index (κ3) is 3.03. The zero-order valence-electron chi connectivity index (χ0n) is 13.9. The number of aromatic nitrogens is 2. The van der Waals surface area contributed by atoms with Crippen LogP contribution in [0.3, 0.4) is 0 Å². The summed E-state index contributed by atoms with van der Waals surface area (Å²) < 4.78 is 14.5. The highest BCUT2D eigenvalue weighted by Gasteiger charge is 2.31. The first-order valence-corrected chi connectivity index (χ1v) is 9.83. The molecule has 26 heavy (non-hydrogen) atoms. The molecule has 0 aliphatic carbocycles. The maximum absolute atomic E-state index is 14.2. The van der Waals surface area contributed by atoms with E-state index in [1.165, 1.54) is 0 Å². The second-order valence-corrected chi connectivity index (χ2v) is 8.02. The van der Waals surface area contributed by atoms with Crippen LogP contribution in [0.25, 0.3) is 10.6 Å². The number of halogens is 2. The predicted molar refractivity (Wildman–Crippen MR) is 104 cm³/mol. The molecule has 0 unspecified atom stereocenters. The summed E-state index contributed by atoms with van der Waals surface area (Å²) in [6.45, 7) is 2.41. The van der Waals surface area contributed by atoms with Crippen molar-refractivity contribution in [2.75, 3.05) is 5.32 Å². The molecular weight excluding hydrogens is 419 g/mol. The number of amides is 2. The lowest BCUT2D eigenvalue weighted by atomic mass is 9.99. The Balaban J connectivity index is 1.59. The monoisotopic (exact) mass is 434 g/mol. The smallest absolute Gasteiger partial charge is 0.317 e. The lowest BCUT2D eigenvalue weighted by Gasteiger charge is -2.33. The van der Waals surface area contributed by atoms with Gasteiger partial charge < -0.3 is 10.2 Å². The number of carbonyl (C=O) groups excluding carboxylic acids is 1. The molecule has 0 saturated carbocycles. The largest absolute Gasteiger partial charge is 0.322 e. The fourth-order valence-corrected chi connectivity index (χ4v) is 4.26. The Morgan fingerprint density at radius 3 is 3.04 bits per heavy atom. The number of rotatable bonds is 2. The maximum Gasteiger partial charge on any atom is 0.322 e. The van der Waals surface area contributed by atoms with Gasteiger partial charge in [0, 0.05) is 23.7 Å². The van der Waals surface area contributed by atoms with Crippen molar-refractivity contribution < 1.29 is 9.18 Å². The van der Waals surface area contributed by atoms with Crippen molar-refractivity contribution in [3.05, 3.63) is 57.3 Å². The highest BCUT2D eigenvalue weighted by atomic mass is 79.9. The number of urea groups is 1. The third-order valence-corrected chi connectivity index (χ3v) is 6.01. The maximum atomic E-state index is 14.2. The summed E-state index contributed by atoms with van der Waals surface area (Å²) in [6.07, 6.45) is 0.683. The summed E-state index contributed by atoms with van der Waals surface area (Å²) in [4.78, 5) is 15.6. The molecule has 1 aliphatic rings. The van der Waals surface area contributed by atoms with Gasteiger partial charge in [-0.3, -0.25) is 5.10 Å². The Bertz CT molecular complexity index is 956. The number of anilines is 1. The zero-order chi connectivity index (χ0) is 18.3. The lowest BCUT2D eigenvalue weighted by molar-refractivity contribution is 0.182. The van der Waals surface area contributed by atoms with Gasteiger partial charge in [0.05, 0.1) is 21.6 Å². The first kappa shape index (κ1) is 17.2. The Morgan fingerprint density at radius 2 is 2.27 bits per heavy atom. The van der Waals surface area contributed by atoms with Crippen LogP contribution in [0.2, 0.25) is 0 Å². The zero-order valence-corrected chi connectivity index (χ0v) is 16.3. The lowest BCUT2D eigenvalue weighted by Crippen LogP contribution is -2.44. The first-order chi connectivity index (χ1) is 12.5. The fraction of sp³-hybridized carbons (Fsp3) is 0.222. The molecule has 0 spiro atoms. The molecule has 3 heterocycles. The average Bonchev–Trinajstić information content (AvgIpc) is 3.27. The molecule has 1 aromatic carbocycles. The number of aromatic amines is 1. The summed E-state index contributed by atoms with van der Waals surface area (Å²) in [6, 6.07) is 8.48. The molecule has 1 aliphatic heterocycles. The molecule has 1 atom stereocenters. The number of nitrogens with one attached hydrogen (secondary N) is 2. The van der Waals surface area contributed by atoms with Crippen LogP contribution < -0.4 is 5.32 Å². The molecule has 0 fully saturated rings. The average molecular weight is 435 g/mol. The Labute approximate surface area is 162 Å². The number of thiophene rings is 1. The number of nitrogens with zero attached hydrogens (tertiary/aromatic N) is 2. The first-order valence-electron chi connectivity index (χ1n) is 8.16. The van der Waals surface area contributed by atoms with Crippen LogP contribution in [0.5, 0.6) is 0 Å². The van der Waals surface area contributed by atoms with Gasteiger partial charge in [0.2, 0.25) is 0 Å². The van der Waals surface area contributed by atoms with Crippen molar-refractivity contribution in [1.82, 2.24) is 15.1 Å². The quantitative estimate of drug-likeness (QED) is 0.594. The predicted octanol–water partition coefficient (Wildman–Crippen LogP) is 5.02. The molecule has 4 rings (SSSR count). The van der Waals surface area contributed by atoms with Crippen molar-refractivity contribution in [2.24, 2.45) is 0 Å². The van der Waals surface area contributed by atoms with Gasteiger partial charge in [-0.25, -0.2) is 9.18 Å². The highest BCUT2D eigenvalue weighted by molar-refractivity contribution is 9.10. The number of carbonyl (C=O) groups is 1. The van der Waals surface area contributed by atoms with Gasteiger partial charge in [0.1, 0.15) is 5.69 Å². The molecule has 8 heteroatoms. The van der Waals surface area contributed by atoms with E-state index in [9.17, 15) is 9.18 Å². The second-order valence-electron chi connectivity index (χ2n) is 6.22. The fourth-order valence-electron chi connectivity index (χ4n) is 3.15. The van der Waals surface area contributed by atoms with Crippen LogP contribution in [-0.4, -0.2) is 27.2 Å². The molecule has 3 aromatic rings. The van der Waals surface area contributed by atoms with Crippen LogP contribution in [0.4, 0.5) is 14.9 Å². The van der Waals surface area contributed by atoms with Crippen LogP contribution in [-0.2, 0) is 13.0 Å². The standard InChI is InChI=1S/C18H16BrFN4OS/c1-10-8-14-11(17(23-22-14)15-6-3-7-26-15)9-24(10)18(25)21-13-5-2-4-12(19)16(13)20/h2-7,10H,8-9H2,1H3,(H,21,25)(H,22,23)/t10-/m0/s1. The Hall–Kier alpha value is -2.19. The number of H-pyrrole nitrogens is 1. The summed E-state index contributed by atoms with van der Waals surface area (Å²) in [7, 11) is 0. The Morgan fingerprint density at radius 1 is 1.42 bits per heavy atom. The van der Waals surface area contributed by atoms with Gasteiger partial charge in [-0.15, -0.1) is 11.3 Å². The van der Waals surface area contributed by atoms with Crippen LogP contribution in [0, 0.1) is 5.82 Å². The van der Waals surface area contributed by atoms with E-state index >= 15 is 0 Å². The van der Waals surface area contributed by atoms with Crippen LogP contribution in [0.1, 0.15) is 18.2 Å². The van der Waals surface area contributed by atoms with Crippen molar-refractivity contribution in [1.29, 1.82) is 0 Å². The number of benzene rings is 1. The molecule has 0 bridgehead atoms. The van der Waals surface area contributed by atoms with E-state index in [-0.39, 0.29) is 17.8 Å². The van der Waals surface area contributed by atoms with E-state index in [1.54, 1.807) is 34.4 Å². The number of hydrogen-bond donors (Lipinski definition) is 2. The topological polar surface area (TPSA) is 61.0 Å². The summed E-state index contributed by atoms with van der Waals surface area (Å²) >= 11 is 4.75. The van der Waals surface area contributed by atoms with Crippen LogP contribution >= 0.6 is 27.3 Å². The minimum absolute atomic E-state index is 0.0191. The molecule has 2 aromatic heterocycles. The summed E-state index contributed by atoms with van der Waals surface area (Å²) in [5, 5.41) is 12.2. The molecule has 2 N–H and O–H groups in total. The van der Waals surface area contributed by atoms with E-state index in [4.69, 9.17) is 0 Å². The molecular formula is C18H16BrFN4OS. The second kappa shape index (κ2) is 6.85. The van der Waals surface area contributed by atoms with Gasteiger partial charge in [-0.2, -0.15) is 5.10 Å². The molecule has 0 radical (unpaired) electrons. The van der Waals surface area contributed by atoms with Crippen molar-refractivity contribution in [3.8, 4) is 10.6 Å². The molecule has 134 valence electrons. The molecule has 0 saturated heterocycles. The molecule has 5 nitrogen and oxygen atoms in total. The van der Waals surface area contributed by atoms with E-state index < -0.39 is 5.82 Å². The van der Waals surface area contributed by atoms with Gasteiger partial charge in [0.25, 0.3) is 0 Å². The summed E-state index contributed by atoms with van der Waals surface area (Å²) in [5.41, 5.74) is 3.12. The number of fused-ring (bicyclic) bond motifs is 1.